The van der Waals surface area contributed by atoms with Crippen molar-refractivity contribution in [3.8, 4) is 0 Å². The van der Waals surface area contributed by atoms with Gasteiger partial charge in [-0.25, -0.2) is 4.79 Å². The summed E-state index contributed by atoms with van der Waals surface area (Å²) in [5.41, 5.74) is -1.00. The molecule has 19 nitrogen and oxygen atoms in total. The van der Waals surface area contributed by atoms with Gasteiger partial charge in [0.15, 0.2) is 18.9 Å². The maximum absolute atomic E-state index is 12.6. The number of fused-ring (bicyclic) bond motifs is 5. The first-order valence-corrected chi connectivity index (χ1v) is 25.7. The topological polar surface area (TPSA) is 279 Å². The molecule has 0 radical (unpaired) electrons. The summed E-state index contributed by atoms with van der Waals surface area (Å²) >= 11 is 0. The molecular formula is C50H78O19. The van der Waals surface area contributed by atoms with Crippen LogP contribution in [0.2, 0.25) is 0 Å². The third kappa shape index (κ3) is 9.49. The van der Waals surface area contributed by atoms with Gasteiger partial charge in [0.05, 0.1) is 60.5 Å². The Morgan fingerprint density at radius 3 is 1.91 bits per heavy atom. The zero-order valence-electron chi connectivity index (χ0n) is 40.8. The van der Waals surface area contributed by atoms with Gasteiger partial charge in [-0.05, 0) is 113 Å². The smallest absolute Gasteiger partial charge is 0.331 e. The van der Waals surface area contributed by atoms with Gasteiger partial charge < -0.3 is 83.5 Å². The zero-order valence-corrected chi connectivity index (χ0v) is 40.8. The molecule has 26 atom stereocenters. The van der Waals surface area contributed by atoms with Crippen molar-refractivity contribution in [1.29, 1.82) is 0 Å². The lowest BCUT2D eigenvalue weighted by Gasteiger charge is -2.65. The van der Waals surface area contributed by atoms with Gasteiger partial charge in [0.2, 0.25) is 0 Å². The zero-order chi connectivity index (χ0) is 49.5. The van der Waals surface area contributed by atoms with Crippen LogP contribution in [0.4, 0.5) is 0 Å². The quantitative estimate of drug-likeness (QED) is 0.107. The number of hydrogen-bond donors (Lipinski definition) is 8. The minimum absolute atomic E-state index is 0.00547. The number of aliphatic hydroxyl groups excluding tert-OH is 7. The second kappa shape index (κ2) is 20.1. The monoisotopic (exact) mass is 983 g/mol. The van der Waals surface area contributed by atoms with Gasteiger partial charge in [0.1, 0.15) is 43.2 Å². The van der Waals surface area contributed by atoms with E-state index in [1.54, 1.807) is 19.9 Å². The summed E-state index contributed by atoms with van der Waals surface area (Å²) < 4.78 is 55.0. The summed E-state index contributed by atoms with van der Waals surface area (Å²) in [7, 11) is 0. The van der Waals surface area contributed by atoms with Gasteiger partial charge in [-0.2, -0.15) is 0 Å². The van der Waals surface area contributed by atoms with E-state index in [1.165, 1.54) is 6.92 Å². The number of ether oxygens (including phenoxy) is 9. The Labute approximate surface area is 404 Å². The van der Waals surface area contributed by atoms with Crippen molar-refractivity contribution >= 4 is 11.9 Å². The molecule has 0 unspecified atom stereocenters. The van der Waals surface area contributed by atoms with Crippen molar-refractivity contribution < 1.29 is 93.1 Å². The summed E-state index contributed by atoms with van der Waals surface area (Å²) in [5, 5.41) is 88.6. The molecule has 4 aliphatic heterocycles. The highest BCUT2D eigenvalue weighted by Gasteiger charge is 2.71. The first-order chi connectivity index (χ1) is 32.6. The number of carbonyl (C=O) groups excluding carboxylic acids is 2. The summed E-state index contributed by atoms with van der Waals surface area (Å²) in [6.07, 6.45) is -8.18. The molecule has 0 aromatic carbocycles. The Balaban J connectivity index is 0.752. The lowest BCUT2D eigenvalue weighted by atomic mass is 9.42. The summed E-state index contributed by atoms with van der Waals surface area (Å²) in [5.74, 6) is -1.26. The first-order valence-electron chi connectivity index (χ1n) is 25.7. The van der Waals surface area contributed by atoms with Crippen molar-refractivity contribution in [3.05, 3.63) is 11.6 Å². The molecule has 0 aromatic rings. The van der Waals surface area contributed by atoms with Crippen LogP contribution in [0.3, 0.4) is 0 Å². The van der Waals surface area contributed by atoms with Gasteiger partial charge in [0.25, 0.3) is 0 Å². The van der Waals surface area contributed by atoms with Crippen molar-refractivity contribution in [2.75, 3.05) is 13.2 Å². The SMILES string of the molecule is CC(=O)O[C@H]1C[C@H](O[C@H]2[C@@H](O)C[C@H](O[C@H]3[C@@H](O)C[C@H](O[C@H]4CC[C@@]5(C)[C@H](CC[C@@H]6[C@@H]5C[C@@H](O)[C@]5(C)[C@@H](C7=CC(=O)OC7)CC[C@]65O)C4)O[C@@H]3C)O[C@@H]2C)O[C@H](C)[C@H]1O[C@@H]1C[C@H](CO)[C@@H](O)[C@H](O)[C@H]1O. The predicted molar refractivity (Wildman–Crippen MR) is 238 cm³/mol. The van der Waals surface area contributed by atoms with Crippen LogP contribution in [0.5, 0.6) is 0 Å². The van der Waals surface area contributed by atoms with Crippen molar-refractivity contribution in [2.45, 2.75) is 235 Å². The summed E-state index contributed by atoms with van der Waals surface area (Å²) in [6, 6.07) is 0. The number of cyclic esters (lactones) is 1. The van der Waals surface area contributed by atoms with E-state index in [0.29, 0.717) is 18.8 Å². The Kier molecular flexibility index (Phi) is 15.1. The highest BCUT2D eigenvalue weighted by atomic mass is 16.7. The lowest BCUT2D eigenvalue weighted by Crippen LogP contribution is -2.67. The van der Waals surface area contributed by atoms with Gasteiger partial charge in [-0.1, -0.05) is 13.8 Å². The van der Waals surface area contributed by atoms with Gasteiger partial charge >= 0.3 is 11.9 Å². The van der Waals surface area contributed by atoms with Crippen LogP contribution in [0, 0.1) is 40.4 Å². The second-order valence-corrected chi connectivity index (χ2v) is 22.7. The molecule has 8 N–H and O–H groups in total. The van der Waals surface area contributed by atoms with Crippen LogP contribution in [0.25, 0.3) is 0 Å². The second-order valence-electron chi connectivity index (χ2n) is 22.7. The van der Waals surface area contributed by atoms with Gasteiger partial charge in [-0.15, -0.1) is 0 Å². The average Bonchev–Trinajstić information content (AvgIpc) is 3.84. The molecule has 5 saturated carbocycles. The van der Waals surface area contributed by atoms with E-state index in [2.05, 4.69) is 6.92 Å². The largest absolute Gasteiger partial charge is 0.459 e. The van der Waals surface area contributed by atoms with Crippen LogP contribution in [0.15, 0.2) is 11.6 Å². The third-order valence-electron chi connectivity index (χ3n) is 18.9. The van der Waals surface area contributed by atoms with E-state index >= 15 is 0 Å². The van der Waals surface area contributed by atoms with Crippen LogP contribution in [0.1, 0.15) is 119 Å². The summed E-state index contributed by atoms with van der Waals surface area (Å²) in [4.78, 5) is 24.2. The molecular weight excluding hydrogens is 905 g/mol. The van der Waals surface area contributed by atoms with E-state index in [1.807, 2.05) is 13.8 Å². The third-order valence-corrected chi connectivity index (χ3v) is 18.9. The van der Waals surface area contributed by atoms with Crippen LogP contribution < -0.4 is 0 Å². The lowest BCUT2D eigenvalue weighted by molar-refractivity contribution is -0.339. The molecule has 392 valence electrons. The Hall–Kier alpha value is -1.92. The molecule has 9 aliphatic rings. The van der Waals surface area contributed by atoms with Crippen molar-refractivity contribution in [2.24, 2.45) is 40.4 Å². The molecule has 0 spiro atoms. The number of rotatable bonds is 11. The molecule has 4 heterocycles. The number of aliphatic hydroxyl groups is 8. The highest BCUT2D eigenvalue weighted by molar-refractivity contribution is 5.85. The predicted octanol–water partition coefficient (Wildman–Crippen LogP) is 1.28. The molecule has 8 fully saturated rings. The minimum atomic E-state index is -1.55. The number of esters is 2. The fourth-order valence-electron chi connectivity index (χ4n) is 15.1. The maximum atomic E-state index is 12.6. The van der Waals surface area contributed by atoms with E-state index in [0.717, 1.165) is 44.1 Å². The standard InChI is InChI=1S/C50H78O19/c1-22-45(68-40-18-34(54)46(23(2)63-40)69-41-19-36(65-25(4)52)47(24(3)64-41)67-35-13-26(20-51)42(57)44(59)43(35)58)33(53)17-39(62-22)66-29-9-11-48(5)28(15-29)7-8-31-32(48)16-37(55)49(6)30(10-12-50(31,49)60)27-14-38(56)61-21-27/h14,22-24,26,28-37,39-47,51,53-55,57-60H,7-13,15-21H2,1-6H3/t22-,23-,24-,26-,28-,29+,30-,31-,32+,33+,34+,35-,36+,37-,39+,40+,41+,42-,43+,44+,45-,46-,47-,48+,49+,50+/m1/s1. The molecule has 0 aromatic heterocycles. The Bertz CT molecular complexity index is 1840. The minimum Gasteiger partial charge on any atom is -0.459 e. The van der Waals surface area contributed by atoms with Gasteiger partial charge in [-0.3, -0.25) is 4.79 Å². The van der Waals surface area contributed by atoms with E-state index in [-0.39, 0.29) is 67.5 Å². The molecule has 19 heteroatoms. The van der Waals surface area contributed by atoms with Gasteiger partial charge in [0, 0.05) is 50.2 Å². The maximum Gasteiger partial charge on any atom is 0.331 e. The Morgan fingerprint density at radius 2 is 1.32 bits per heavy atom. The van der Waals surface area contributed by atoms with E-state index in [4.69, 9.17) is 42.6 Å². The molecule has 69 heavy (non-hydrogen) atoms. The highest BCUT2D eigenvalue weighted by Crippen LogP contribution is 2.70. The fraction of sp³-hybridized carbons (Fsp3) is 0.920. The van der Waals surface area contributed by atoms with E-state index < -0.39 is 134 Å². The van der Waals surface area contributed by atoms with Crippen LogP contribution in [-0.4, -0.2) is 182 Å². The van der Waals surface area contributed by atoms with Crippen LogP contribution in [-0.2, 0) is 52.2 Å². The van der Waals surface area contributed by atoms with Crippen molar-refractivity contribution in [1.82, 2.24) is 0 Å². The molecule has 9 rings (SSSR count). The number of hydrogen-bond acceptors (Lipinski definition) is 19. The number of carbonyl (C=O) groups is 2. The molecule has 0 amide bonds. The Morgan fingerprint density at radius 1 is 0.696 bits per heavy atom. The molecule has 0 bridgehead atoms. The summed E-state index contributed by atoms with van der Waals surface area (Å²) in [6.45, 7) is 10.6. The fourth-order valence-corrected chi connectivity index (χ4v) is 15.1. The van der Waals surface area contributed by atoms with E-state index in [9.17, 15) is 50.4 Å². The van der Waals surface area contributed by atoms with Crippen LogP contribution >= 0.6 is 0 Å². The average molecular weight is 983 g/mol. The van der Waals surface area contributed by atoms with Crippen molar-refractivity contribution in [3.63, 3.8) is 0 Å². The normalized spacial score (nSPS) is 53.3. The first kappa shape index (κ1) is 52.0. The molecule has 3 saturated heterocycles. The molecule has 5 aliphatic carbocycles.